The van der Waals surface area contributed by atoms with Crippen LogP contribution in [0.3, 0.4) is 0 Å². The maximum atomic E-state index is 14.1. The van der Waals surface area contributed by atoms with Gasteiger partial charge in [0.1, 0.15) is 11.5 Å². The minimum atomic E-state index is -0.966. The Labute approximate surface area is 112 Å². The number of carbonyl (C=O) groups excluding carboxylic acids is 1. The third-order valence-electron chi connectivity index (χ3n) is 2.53. The topological polar surface area (TPSA) is 77.1 Å². The van der Waals surface area contributed by atoms with E-state index in [1.165, 1.54) is 7.11 Å². The fourth-order valence-corrected chi connectivity index (χ4v) is 1.66. The van der Waals surface area contributed by atoms with Gasteiger partial charge in [-0.15, -0.1) is 5.10 Å². The highest BCUT2D eigenvalue weighted by atomic mass is 19.1. The zero-order chi connectivity index (χ0) is 14.7. The first-order valence-corrected chi connectivity index (χ1v) is 5.70. The van der Waals surface area contributed by atoms with E-state index in [0.29, 0.717) is 0 Å². The third kappa shape index (κ3) is 2.31. The number of benzene rings is 1. The Morgan fingerprint density at radius 3 is 2.75 bits per heavy atom. The lowest BCUT2D eigenvalue weighted by Crippen LogP contribution is -2.08. The molecular formula is C12H11F2N3O3. The number of aromatic amines is 1. The molecule has 0 atom stereocenters. The fourth-order valence-electron chi connectivity index (χ4n) is 1.66. The van der Waals surface area contributed by atoms with Crippen LogP contribution in [0, 0.1) is 11.6 Å². The van der Waals surface area contributed by atoms with E-state index >= 15 is 0 Å². The number of rotatable bonds is 4. The Kier molecular flexibility index (Phi) is 3.92. The van der Waals surface area contributed by atoms with Crippen molar-refractivity contribution in [3.05, 3.63) is 29.5 Å². The minimum Gasteiger partial charge on any atom is -0.494 e. The van der Waals surface area contributed by atoms with Crippen molar-refractivity contribution in [2.24, 2.45) is 0 Å². The largest absolute Gasteiger partial charge is 0.494 e. The van der Waals surface area contributed by atoms with Gasteiger partial charge in [0, 0.05) is 0 Å². The second-order valence-corrected chi connectivity index (χ2v) is 3.68. The first-order chi connectivity index (χ1) is 9.60. The second kappa shape index (κ2) is 5.64. The zero-order valence-electron chi connectivity index (χ0n) is 10.7. The molecule has 1 N–H and O–H groups in total. The normalized spacial score (nSPS) is 10.4. The molecule has 1 aromatic carbocycles. The van der Waals surface area contributed by atoms with Crippen LogP contribution in [0.1, 0.15) is 17.4 Å². The number of methoxy groups -OCH3 is 1. The summed E-state index contributed by atoms with van der Waals surface area (Å²) in [7, 11) is 1.25. The number of hydrogen-bond acceptors (Lipinski definition) is 5. The Morgan fingerprint density at radius 1 is 1.35 bits per heavy atom. The van der Waals surface area contributed by atoms with Gasteiger partial charge < -0.3 is 9.47 Å². The molecule has 0 saturated carbocycles. The molecule has 20 heavy (non-hydrogen) atoms. The molecule has 0 aliphatic heterocycles. The maximum absolute atomic E-state index is 14.1. The van der Waals surface area contributed by atoms with E-state index in [1.54, 1.807) is 6.92 Å². The van der Waals surface area contributed by atoms with E-state index in [0.717, 1.165) is 12.1 Å². The number of nitrogens with one attached hydrogen (secondary N) is 1. The van der Waals surface area contributed by atoms with Crippen molar-refractivity contribution in [2.75, 3.05) is 13.7 Å². The van der Waals surface area contributed by atoms with Crippen molar-refractivity contribution >= 4 is 5.97 Å². The monoisotopic (exact) mass is 283 g/mol. The van der Waals surface area contributed by atoms with E-state index in [9.17, 15) is 13.6 Å². The predicted molar refractivity (Wildman–Crippen MR) is 64.2 cm³/mol. The molecule has 0 aliphatic carbocycles. The molecule has 0 radical (unpaired) electrons. The van der Waals surface area contributed by atoms with E-state index in [1.807, 2.05) is 0 Å². The molecule has 0 spiro atoms. The van der Waals surface area contributed by atoms with Crippen LogP contribution in [0.4, 0.5) is 8.78 Å². The van der Waals surface area contributed by atoms with Crippen LogP contribution in [0.5, 0.6) is 5.75 Å². The summed E-state index contributed by atoms with van der Waals surface area (Å²) in [5.74, 6) is -2.84. The number of hydrogen-bond donors (Lipinski definition) is 1. The highest BCUT2D eigenvalue weighted by Crippen LogP contribution is 2.31. The Morgan fingerprint density at radius 2 is 2.10 bits per heavy atom. The maximum Gasteiger partial charge on any atom is 0.361 e. The van der Waals surface area contributed by atoms with Crippen LogP contribution in [0.15, 0.2) is 12.1 Å². The molecule has 2 rings (SSSR count). The van der Waals surface area contributed by atoms with Crippen LogP contribution < -0.4 is 4.74 Å². The lowest BCUT2D eigenvalue weighted by molar-refractivity contribution is 0.0520. The molecule has 2 aromatic rings. The third-order valence-corrected chi connectivity index (χ3v) is 2.53. The van der Waals surface area contributed by atoms with Crippen molar-refractivity contribution in [3.63, 3.8) is 0 Å². The number of nitrogens with zero attached hydrogens (tertiary/aromatic N) is 2. The van der Waals surface area contributed by atoms with Gasteiger partial charge >= 0.3 is 5.97 Å². The molecule has 0 unspecified atom stereocenters. The summed E-state index contributed by atoms with van der Waals surface area (Å²) in [5.41, 5.74) is -1.06. The van der Waals surface area contributed by atoms with Gasteiger partial charge in [-0.1, -0.05) is 0 Å². The first kappa shape index (κ1) is 13.9. The summed E-state index contributed by atoms with van der Waals surface area (Å²) in [6.07, 6.45) is 0. The van der Waals surface area contributed by atoms with Gasteiger partial charge in [-0.2, -0.15) is 10.3 Å². The summed E-state index contributed by atoms with van der Waals surface area (Å²) in [5, 5.41) is 9.33. The standard InChI is InChI=1S/C12H11F2N3O3/c1-3-20-12(18)11-10(15-17-16-11)8-6(13)4-5-7(19-2)9(8)14/h4-5H,3H2,1-2H3,(H,15,16,17). The van der Waals surface area contributed by atoms with E-state index in [-0.39, 0.29) is 23.7 Å². The lowest BCUT2D eigenvalue weighted by atomic mass is 10.1. The van der Waals surface area contributed by atoms with Gasteiger partial charge in [0.2, 0.25) is 0 Å². The molecule has 8 heteroatoms. The average molecular weight is 283 g/mol. The van der Waals surface area contributed by atoms with Crippen LogP contribution in [-0.4, -0.2) is 35.1 Å². The van der Waals surface area contributed by atoms with Gasteiger partial charge in [0.25, 0.3) is 0 Å². The highest BCUT2D eigenvalue weighted by molar-refractivity contribution is 5.94. The van der Waals surface area contributed by atoms with Crippen molar-refractivity contribution in [1.82, 2.24) is 15.4 Å². The number of esters is 1. The molecule has 1 aromatic heterocycles. The molecule has 6 nitrogen and oxygen atoms in total. The van der Waals surface area contributed by atoms with E-state index in [2.05, 4.69) is 15.4 Å². The summed E-state index contributed by atoms with van der Waals surface area (Å²) < 4.78 is 37.5. The Bertz CT molecular complexity index is 643. The number of H-pyrrole nitrogens is 1. The second-order valence-electron chi connectivity index (χ2n) is 3.68. The molecule has 0 fully saturated rings. The van der Waals surface area contributed by atoms with E-state index < -0.39 is 23.2 Å². The predicted octanol–water partition coefficient (Wildman–Crippen LogP) is 1.94. The van der Waals surface area contributed by atoms with Crippen molar-refractivity contribution in [1.29, 1.82) is 0 Å². The van der Waals surface area contributed by atoms with Crippen molar-refractivity contribution < 1.29 is 23.0 Å². The number of ether oxygens (including phenoxy) is 2. The minimum absolute atomic E-state index is 0.105. The quantitative estimate of drug-likeness (QED) is 0.868. The van der Waals surface area contributed by atoms with Gasteiger partial charge in [0.05, 0.1) is 19.3 Å². The Hall–Kier alpha value is -2.51. The summed E-state index contributed by atoms with van der Waals surface area (Å²) in [6, 6.07) is 2.15. The fraction of sp³-hybridized carbons (Fsp3) is 0.250. The van der Waals surface area contributed by atoms with Crippen LogP contribution in [0.25, 0.3) is 11.3 Å². The van der Waals surface area contributed by atoms with Crippen LogP contribution in [0.2, 0.25) is 0 Å². The summed E-state index contributed by atoms with van der Waals surface area (Å²) >= 11 is 0. The number of halogens is 2. The molecule has 1 heterocycles. The van der Waals surface area contributed by atoms with Gasteiger partial charge in [-0.25, -0.2) is 13.6 Å². The molecule has 0 bridgehead atoms. The Balaban J connectivity index is 2.58. The zero-order valence-corrected chi connectivity index (χ0v) is 10.7. The van der Waals surface area contributed by atoms with Crippen molar-refractivity contribution in [2.45, 2.75) is 6.92 Å². The molecule has 0 aliphatic rings. The van der Waals surface area contributed by atoms with Crippen LogP contribution >= 0.6 is 0 Å². The summed E-state index contributed by atoms with van der Waals surface area (Å²) in [4.78, 5) is 11.7. The molecule has 0 saturated heterocycles. The first-order valence-electron chi connectivity index (χ1n) is 5.70. The summed E-state index contributed by atoms with van der Waals surface area (Å²) in [6.45, 7) is 1.71. The smallest absolute Gasteiger partial charge is 0.361 e. The van der Waals surface area contributed by atoms with E-state index in [4.69, 9.17) is 9.47 Å². The van der Waals surface area contributed by atoms with Crippen molar-refractivity contribution in [3.8, 4) is 17.0 Å². The molecule has 106 valence electrons. The van der Waals surface area contributed by atoms with Gasteiger partial charge in [-0.3, -0.25) is 0 Å². The van der Waals surface area contributed by atoms with Gasteiger partial charge in [-0.05, 0) is 19.1 Å². The van der Waals surface area contributed by atoms with Crippen LogP contribution in [-0.2, 0) is 4.74 Å². The molecular weight excluding hydrogens is 272 g/mol. The van der Waals surface area contributed by atoms with Gasteiger partial charge in [0.15, 0.2) is 17.3 Å². The number of aromatic nitrogens is 3. The average Bonchev–Trinajstić information content (AvgIpc) is 2.88. The highest BCUT2D eigenvalue weighted by Gasteiger charge is 2.26. The number of carbonyl (C=O) groups is 1. The molecule has 0 amide bonds. The lowest BCUT2D eigenvalue weighted by Gasteiger charge is -2.07. The SMILES string of the molecule is CCOC(=O)c1n[nH]nc1-c1c(F)ccc(OC)c1F.